The third-order valence-electron chi connectivity index (χ3n) is 3.11. The molecule has 6 heteroatoms. The van der Waals surface area contributed by atoms with Crippen LogP contribution in [0.3, 0.4) is 0 Å². The van der Waals surface area contributed by atoms with Gasteiger partial charge in [0.2, 0.25) is 0 Å². The Morgan fingerprint density at radius 2 is 1.74 bits per heavy atom. The first-order valence-corrected chi connectivity index (χ1v) is 6.52. The van der Waals surface area contributed by atoms with Crippen molar-refractivity contribution in [1.29, 1.82) is 0 Å². The fourth-order valence-corrected chi connectivity index (χ4v) is 2.54. The van der Waals surface area contributed by atoms with Crippen molar-refractivity contribution in [3.05, 3.63) is 29.3 Å². The molecule has 1 aliphatic heterocycles. The topological polar surface area (TPSA) is 32.5 Å². The highest BCUT2D eigenvalue weighted by Gasteiger charge is 2.18. The summed E-state index contributed by atoms with van der Waals surface area (Å²) < 4.78 is 0. The number of para-hydroxylation sites is 1. The Balaban J connectivity index is 0.00000162. The fraction of sp³-hybridized carbons (Fsp3) is 0.538. The summed E-state index contributed by atoms with van der Waals surface area (Å²) in [4.78, 5) is 4.76. The highest BCUT2D eigenvalue weighted by Crippen LogP contribution is 2.25. The smallest absolute Gasteiger partial charge is 0.0639 e. The molecule has 1 saturated heterocycles. The summed E-state index contributed by atoms with van der Waals surface area (Å²) in [5.41, 5.74) is 6.96. The van der Waals surface area contributed by atoms with Gasteiger partial charge < -0.3 is 10.6 Å². The number of halogens is 3. The molecule has 1 aromatic rings. The lowest BCUT2D eigenvalue weighted by molar-refractivity contribution is 0.247. The highest BCUT2D eigenvalue weighted by molar-refractivity contribution is 6.33. The van der Waals surface area contributed by atoms with Crippen molar-refractivity contribution in [2.24, 2.45) is 5.73 Å². The Bertz CT molecular complexity index is 366. The average Bonchev–Trinajstić information content (AvgIpc) is 2.30. The van der Waals surface area contributed by atoms with Gasteiger partial charge in [-0.25, -0.2) is 0 Å². The maximum atomic E-state index is 6.20. The van der Waals surface area contributed by atoms with Gasteiger partial charge in [0.15, 0.2) is 0 Å². The van der Waals surface area contributed by atoms with Gasteiger partial charge in [-0.15, -0.1) is 24.8 Å². The predicted molar refractivity (Wildman–Crippen MR) is 88.3 cm³/mol. The van der Waals surface area contributed by atoms with Crippen molar-refractivity contribution in [2.45, 2.75) is 13.0 Å². The largest absolute Gasteiger partial charge is 0.368 e. The van der Waals surface area contributed by atoms with E-state index in [1.165, 1.54) is 0 Å². The standard InChI is InChI=1S/C13H20ClN3.2ClH/c1-11(15)10-16-6-8-17(9-7-16)13-5-3-2-4-12(13)14;;/h2-5,11H,6-10,15H2,1H3;2*1H. The molecule has 0 spiro atoms. The Labute approximate surface area is 132 Å². The molecule has 3 nitrogen and oxygen atoms in total. The Hall–Kier alpha value is -0.190. The van der Waals surface area contributed by atoms with E-state index in [1.54, 1.807) is 0 Å². The fourth-order valence-electron chi connectivity index (χ4n) is 2.29. The minimum absolute atomic E-state index is 0. The van der Waals surface area contributed by atoms with Gasteiger partial charge in [-0.2, -0.15) is 0 Å². The molecule has 19 heavy (non-hydrogen) atoms. The van der Waals surface area contributed by atoms with Crippen molar-refractivity contribution >= 4 is 42.1 Å². The molecule has 110 valence electrons. The van der Waals surface area contributed by atoms with Crippen LogP contribution in [0.4, 0.5) is 5.69 Å². The second-order valence-electron chi connectivity index (χ2n) is 4.72. The molecule has 1 unspecified atom stereocenters. The van der Waals surface area contributed by atoms with Crippen molar-refractivity contribution in [3.8, 4) is 0 Å². The number of nitrogens with zero attached hydrogens (tertiary/aromatic N) is 2. The van der Waals surface area contributed by atoms with E-state index < -0.39 is 0 Å². The number of hydrogen-bond acceptors (Lipinski definition) is 3. The summed E-state index contributed by atoms with van der Waals surface area (Å²) in [6.45, 7) is 7.21. The van der Waals surface area contributed by atoms with Gasteiger partial charge in [-0.05, 0) is 19.1 Å². The summed E-state index contributed by atoms with van der Waals surface area (Å²) in [6.07, 6.45) is 0. The van der Waals surface area contributed by atoms with E-state index in [0.29, 0.717) is 0 Å². The second-order valence-corrected chi connectivity index (χ2v) is 5.12. The molecule has 0 bridgehead atoms. The van der Waals surface area contributed by atoms with Gasteiger partial charge in [-0.3, -0.25) is 4.90 Å². The van der Waals surface area contributed by atoms with Gasteiger partial charge in [-0.1, -0.05) is 23.7 Å². The van der Waals surface area contributed by atoms with E-state index in [1.807, 2.05) is 18.2 Å². The first kappa shape index (κ1) is 18.8. The zero-order valence-corrected chi connectivity index (χ0v) is 13.5. The van der Waals surface area contributed by atoms with Gasteiger partial charge in [0.1, 0.15) is 0 Å². The highest BCUT2D eigenvalue weighted by atomic mass is 35.5. The minimum Gasteiger partial charge on any atom is -0.368 e. The van der Waals surface area contributed by atoms with E-state index in [2.05, 4.69) is 22.8 Å². The molecule has 2 N–H and O–H groups in total. The first-order valence-electron chi connectivity index (χ1n) is 6.14. The molecule has 0 aromatic heterocycles. The van der Waals surface area contributed by atoms with Gasteiger partial charge >= 0.3 is 0 Å². The van der Waals surface area contributed by atoms with Gasteiger partial charge in [0, 0.05) is 38.8 Å². The summed E-state index contributed by atoms with van der Waals surface area (Å²) in [6, 6.07) is 8.30. The molecule has 1 atom stereocenters. The summed E-state index contributed by atoms with van der Waals surface area (Å²) in [5.74, 6) is 0. The molecule has 0 saturated carbocycles. The molecule has 1 fully saturated rings. The zero-order valence-electron chi connectivity index (χ0n) is 11.1. The number of benzene rings is 1. The van der Waals surface area contributed by atoms with Crippen molar-refractivity contribution < 1.29 is 0 Å². The number of nitrogens with two attached hydrogens (primary N) is 1. The molecule has 0 amide bonds. The summed E-state index contributed by atoms with van der Waals surface area (Å²) >= 11 is 6.20. The maximum absolute atomic E-state index is 6.20. The normalized spacial score (nSPS) is 17.3. The van der Waals surface area contributed by atoms with Crippen LogP contribution in [0.25, 0.3) is 0 Å². The van der Waals surface area contributed by atoms with Crippen LogP contribution in [0.2, 0.25) is 5.02 Å². The summed E-state index contributed by atoms with van der Waals surface area (Å²) in [5, 5.41) is 0.841. The molecular formula is C13H22Cl3N3. The van der Waals surface area contributed by atoms with Crippen LogP contribution < -0.4 is 10.6 Å². The van der Waals surface area contributed by atoms with Crippen LogP contribution in [0.1, 0.15) is 6.92 Å². The molecule has 2 rings (SSSR count). The molecule has 1 heterocycles. The van der Waals surface area contributed by atoms with Gasteiger partial charge in [0.05, 0.1) is 10.7 Å². The third-order valence-corrected chi connectivity index (χ3v) is 3.43. The van der Waals surface area contributed by atoms with E-state index in [4.69, 9.17) is 17.3 Å². The number of hydrogen-bond donors (Lipinski definition) is 1. The molecule has 1 aromatic carbocycles. The van der Waals surface area contributed by atoms with Gasteiger partial charge in [0.25, 0.3) is 0 Å². The van der Waals surface area contributed by atoms with Crippen LogP contribution in [0, 0.1) is 0 Å². The quantitative estimate of drug-likeness (QED) is 0.927. The SMILES string of the molecule is CC(N)CN1CCN(c2ccccc2Cl)CC1.Cl.Cl. The zero-order chi connectivity index (χ0) is 12.3. The van der Waals surface area contributed by atoms with E-state index in [0.717, 1.165) is 43.4 Å². The van der Waals surface area contributed by atoms with E-state index in [9.17, 15) is 0 Å². The number of rotatable bonds is 3. The Morgan fingerprint density at radius 3 is 2.26 bits per heavy atom. The van der Waals surface area contributed by atoms with E-state index in [-0.39, 0.29) is 30.9 Å². The second kappa shape index (κ2) is 8.88. The summed E-state index contributed by atoms with van der Waals surface area (Å²) in [7, 11) is 0. The lowest BCUT2D eigenvalue weighted by Gasteiger charge is -2.37. The van der Waals surface area contributed by atoms with Crippen molar-refractivity contribution in [1.82, 2.24) is 4.90 Å². The van der Waals surface area contributed by atoms with Crippen LogP contribution in [-0.2, 0) is 0 Å². The lowest BCUT2D eigenvalue weighted by atomic mass is 10.2. The maximum Gasteiger partial charge on any atom is 0.0639 e. The van der Waals surface area contributed by atoms with Crippen LogP contribution in [0.5, 0.6) is 0 Å². The molecular weight excluding hydrogens is 305 g/mol. The number of piperazine rings is 1. The third kappa shape index (κ3) is 5.36. The first-order chi connectivity index (χ1) is 8.16. The van der Waals surface area contributed by atoms with Crippen LogP contribution in [0.15, 0.2) is 24.3 Å². The monoisotopic (exact) mass is 325 g/mol. The van der Waals surface area contributed by atoms with Crippen molar-refractivity contribution in [2.75, 3.05) is 37.6 Å². The lowest BCUT2D eigenvalue weighted by Crippen LogP contribution is -2.49. The Kier molecular flexibility index (Phi) is 8.79. The van der Waals surface area contributed by atoms with Crippen LogP contribution >= 0.6 is 36.4 Å². The Morgan fingerprint density at radius 1 is 1.16 bits per heavy atom. The molecule has 0 aliphatic carbocycles. The number of anilines is 1. The molecule has 0 radical (unpaired) electrons. The predicted octanol–water partition coefficient (Wildman–Crippen LogP) is 2.65. The molecule has 1 aliphatic rings. The van der Waals surface area contributed by atoms with Crippen molar-refractivity contribution in [3.63, 3.8) is 0 Å². The van der Waals surface area contributed by atoms with Crippen LogP contribution in [-0.4, -0.2) is 43.7 Å². The van der Waals surface area contributed by atoms with E-state index >= 15 is 0 Å². The average molecular weight is 327 g/mol. The minimum atomic E-state index is 0.